The fourth-order valence-corrected chi connectivity index (χ4v) is 7.66. The molecule has 1 atom stereocenters. The lowest BCUT2D eigenvalue weighted by Gasteiger charge is -2.24. The monoisotopic (exact) mass is 595 g/mol. The molecule has 216 valence electrons. The van der Waals surface area contributed by atoms with Gasteiger partial charge in [0.05, 0.1) is 21.0 Å². The van der Waals surface area contributed by atoms with E-state index < -0.39 is 10.0 Å². The van der Waals surface area contributed by atoms with Gasteiger partial charge in [-0.2, -0.15) is 0 Å². The van der Waals surface area contributed by atoms with Gasteiger partial charge in [0.2, 0.25) is 10.0 Å². The second kappa shape index (κ2) is 10.8. The number of aryl methyl sites for hydroxylation is 1. The second-order valence-corrected chi connectivity index (χ2v) is 13.7. The van der Waals surface area contributed by atoms with Crippen LogP contribution in [0.4, 0.5) is 10.9 Å². The minimum atomic E-state index is -4.01. The molecule has 2 amide bonds. The fraction of sp³-hybridized carbons (Fsp3) is 0.429. The summed E-state index contributed by atoms with van der Waals surface area (Å²) < 4.78 is 30.2. The topological polar surface area (TPSA) is 137 Å². The zero-order valence-electron chi connectivity index (χ0n) is 23.2. The van der Waals surface area contributed by atoms with Crippen LogP contribution in [-0.2, 0) is 16.6 Å². The maximum atomic E-state index is 13.7. The first kappa shape index (κ1) is 27.8. The van der Waals surface area contributed by atoms with Gasteiger partial charge in [0.1, 0.15) is 11.5 Å². The Hall–Kier alpha value is -3.39. The van der Waals surface area contributed by atoms with Gasteiger partial charge in [-0.1, -0.05) is 17.4 Å². The summed E-state index contributed by atoms with van der Waals surface area (Å²) in [5.41, 5.74) is 2.67. The Kier molecular flexibility index (Phi) is 7.30. The zero-order chi connectivity index (χ0) is 28.9. The number of benzene rings is 1. The largest absolute Gasteiger partial charge is 0.349 e. The van der Waals surface area contributed by atoms with E-state index in [2.05, 4.69) is 32.2 Å². The van der Waals surface area contributed by atoms with Crippen molar-refractivity contribution in [3.05, 3.63) is 52.8 Å². The molecule has 3 aromatic rings. The highest BCUT2D eigenvalue weighted by Crippen LogP contribution is 2.42. The van der Waals surface area contributed by atoms with E-state index in [1.54, 1.807) is 24.3 Å². The number of nitrogens with zero attached hydrogens (tertiary/aromatic N) is 4. The molecular formula is C28H33N7O4S2. The minimum Gasteiger partial charge on any atom is -0.349 e. The van der Waals surface area contributed by atoms with Crippen LogP contribution >= 0.6 is 11.3 Å². The van der Waals surface area contributed by atoms with Crippen molar-refractivity contribution < 1.29 is 18.0 Å². The average molecular weight is 596 g/mol. The first-order valence-electron chi connectivity index (χ1n) is 13.8. The summed E-state index contributed by atoms with van der Waals surface area (Å²) in [7, 11) is -2.16. The number of anilines is 2. The van der Waals surface area contributed by atoms with Gasteiger partial charge < -0.3 is 20.4 Å². The lowest BCUT2D eigenvalue weighted by atomic mass is 10.0. The Morgan fingerprint density at radius 3 is 2.66 bits per heavy atom. The van der Waals surface area contributed by atoms with Gasteiger partial charge in [-0.25, -0.2) is 23.1 Å². The molecule has 0 spiro atoms. The van der Waals surface area contributed by atoms with E-state index in [4.69, 9.17) is 0 Å². The van der Waals surface area contributed by atoms with Gasteiger partial charge in [0.25, 0.3) is 11.8 Å². The number of sulfonamides is 1. The molecule has 1 fully saturated rings. The predicted octanol–water partition coefficient (Wildman–Crippen LogP) is 2.96. The number of likely N-dealkylation sites (N-methyl/N-ethyl adjacent to an activating group) is 1. The lowest BCUT2D eigenvalue weighted by Crippen LogP contribution is -2.38. The van der Waals surface area contributed by atoms with Gasteiger partial charge in [0.15, 0.2) is 5.13 Å². The number of aromatic nitrogens is 2. The average Bonchev–Trinajstić information content (AvgIpc) is 3.65. The minimum absolute atomic E-state index is 0.00464. The number of fused-ring (bicyclic) bond motifs is 9. The first-order chi connectivity index (χ1) is 19.6. The number of carbonyl (C=O) groups excluding carboxylic acids is 2. The second-order valence-electron chi connectivity index (χ2n) is 10.9. The number of pyridine rings is 1. The summed E-state index contributed by atoms with van der Waals surface area (Å²) in [4.78, 5) is 40.0. The Morgan fingerprint density at radius 2 is 1.88 bits per heavy atom. The van der Waals surface area contributed by atoms with Crippen LogP contribution in [0.3, 0.4) is 0 Å². The molecule has 4 heterocycles. The van der Waals surface area contributed by atoms with E-state index >= 15 is 0 Å². The highest BCUT2D eigenvalue weighted by molar-refractivity contribution is 7.89. The molecule has 41 heavy (non-hydrogen) atoms. The van der Waals surface area contributed by atoms with Crippen molar-refractivity contribution in [3.63, 3.8) is 0 Å². The van der Waals surface area contributed by atoms with Crippen LogP contribution in [0, 0.1) is 12.8 Å². The first-order valence-corrected chi connectivity index (χ1v) is 16.1. The summed E-state index contributed by atoms with van der Waals surface area (Å²) >= 11 is 1.36. The Labute approximate surface area is 243 Å². The van der Waals surface area contributed by atoms with Gasteiger partial charge in [-0.05, 0) is 75.0 Å². The summed E-state index contributed by atoms with van der Waals surface area (Å²) in [5.74, 6) is 0.413. The van der Waals surface area contributed by atoms with Crippen LogP contribution in [0.5, 0.6) is 0 Å². The van der Waals surface area contributed by atoms with Gasteiger partial charge >= 0.3 is 0 Å². The number of carbonyl (C=O) groups is 2. The summed E-state index contributed by atoms with van der Waals surface area (Å²) in [6.07, 6.45) is 2.17. The van der Waals surface area contributed by atoms with Crippen molar-refractivity contribution >= 4 is 44.1 Å². The van der Waals surface area contributed by atoms with Crippen molar-refractivity contribution in [1.82, 2.24) is 29.8 Å². The summed E-state index contributed by atoms with van der Waals surface area (Å²) in [6.45, 7) is 5.76. The third-order valence-corrected chi connectivity index (χ3v) is 10.5. The highest BCUT2D eigenvalue weighted by atomic mass is 32.2. The lowest BCUT2D eigenvalue weighted by molar-refractivity contribution is 0.0694. The van der Waals surface area contributed by atoms with Crippen molar-refractivity contribution in [2.45, 2.75) is 44.2 Å². The Morgan fingerprint density at radius 1 is 1.10 bits per heavy atom. The molecule has 1 aromatic carbocycles. The maximum absolute atomic E-state index is 13.7. The van der Waals surface area contributed by atoms with E-state index in [-0.39, 0.29) is 40.6 Å². The van der Waals surface area contributed by atoms with E-state index in [1.165, 1.54) is 11.3 Å². The predicted molar refractivity (Wildman–Crippen MR) is 157 cm³/mol. The van der Waals surface area contributed by atoms with Crippen molar-refractivity contribution in [1.29, 1.82) is 0 Å². The molecule has 2 aliphatic heterocycles. The molecule has 0 unspecified atom stereocenters. The van der Waals surface area contributed by atoms with Gasteiger partial charge in [0, 0.05) is 38.8 Å². The molecule has 11 nitrogen and oxygen atoms in total. The third kappa shape index (κ3) is 5.59. The maximum Gasteiger partial charge on any atom is 0.270 e. The van der Waals surface area contributed by atoms with Crippen molar-refractivity contribution in [2.75, 3.05) is 38.5 Å². The quantitative estimate of drug-likeness (QED) is 0.412. The number of thiazole rings is 1. The number of amides is 2. The Bertz CT molecular complexity index is 1630. The summed E-state index contributed by atoms with van der Waals surface area (Å²) in [6, 6.07) is 8.76. The van der Waals surface area contributed by atoms with E-state index in [1.807, 2.05) is 29.8 Å². The van der Waals surface area contributed by atoms with Crippen LogP contribution in [-0.4, -0.2) is 79.3 Å². The molecule has 6 bridgehead atoms. The van der Waals surface area contributed by atoms with Crippen LogP contribution < -0.4 is 15.4 Å². The van der Waals surface area contributed by atoms with E-state index in [9.17, 15) is 18.0 Å². The molecule has 6 rings (SSSR count). The number of rotatable bonds is 2. The SMILES string of the molecule is Cc1nc2sc1-c1cc3c(c(c1)S(=O)(=O)NCCN(C)CCNC(=O)c1cccc(n1)N2)C(=O)N([C@@H](C)C1CC1)C3. The molecule has 1 aliphatic carbocycles. The standard InChI is InChI=1S/C28H33N7O4S2/c1-16-25-19-13-20-15-35(17(2)18-7-8-18)27(37)24(20)22(14-19)41(38,39)30-10-12-34(3)11-9-29-26(36)21-5-4-6-23(32-21)33-28(31-16)40-25/h4-6,13-14,17-18,30H,7-12,15H2,1-3H3,(H,29,36)(H,31,32,33)/t17-/m0/s1. The van der Waals surface area contributed by atoms with Gasteiger partial charge in [-0.3, -0.25) is 9.59 Å². The molecule has 0 radical (unpaired) electrons. The van der Waals surface area contributed by atoms with Crippen LogP contribution in [0.1, 0.15) is 51.9 Å². The molecule has 13 heteroatoms. The van der Waals surface area contributed by atoms with Crippen molar-refractivity contribution in [3.8, 4) is 10.4 Å². The third-order valence-electron chi connectivity index (χ3n) is 7.92. The number of hydrogen-bond acceptors (Lipinski definition) is 9. The molecule has 3 N–H and O–H groups in total. The highest BCUT2D eigenvalue weighted by Gasteiger charge is 2.41. The molecule has 2 aromatic heterocycles. The van der Waals surface area contributed by atoms with E-state index in [0.29, 0.717) is 59.9 Å². The van der Waals surface area contributed by atoms with Crippen molar-refractivity contribution in [2.24, 2.45) is 5.92 Å². The zero-order valence-corrected chi connectivity index (χ0v) is 24.9. The number of hydrogen-bond donors (Lipinski definition) is 3. The van der Waals surface area contributed by atoms with Gasteiger partial charge in [-0.15, -0.1) is 0 Å². The normalized spacial score (nSPS) is 20.3. The Balaban J connectivity index is 1.43. The molecule has 0 saturated heterocycles. The smallest absolute Gasteiger partial charge is 0.270 e. The molecular weight excluding hydrogens is 562 g/mol. The number of nitrogens with one attached hydrogen (secondary N) is 3. The molecule has 3 aliphatic rings. The van der Waals surface area contributed by atoms with Crippen LogP contribution in [0.15, 0.2) is 35.2 Å². The molecule has 1 saturated carbocycles. The van der Waals surface area contributed by atoms with Crippen LogP contribution in [0.25, 0.3) is 10.4 Å². The van der Waals surface area contributed by atoms with E-state index in [0.717, 1.165) is 17.7 Å². The summed E-state index contributed by atoms with van der Waals surface area (Å²) in [5, 5.41) is 6.61. The van der Waals surface area contributed by atoms with Crippen LogP contribution in [0.2, 0.25) is 0 Å². The fourth-order valence-electron chi connectivity index (χ4n) is 5.41.